The summed E-state index contributed by atoms with van der Waals surface area (Å²) in [5.74, 6) is 1.08. The Morgan fingerprint density at radius 1 is 1.36 bits per heavy atom. The molecule has 0 amide bonds. The first-order chi connectivity index (χ1) is 5.43. The van der Waals surface area contributed by atoms with Crippen molar-refractivity contribution in [1.29, 1.82) is 0 Å². The molecule has 0 aromatic rings. The van der Waals surface area contributed by atoms with Crippen molar-refractivity contribution >= 4 is 0 Å². The fourth-order valence-electron chi connectivity index (χ4n) is 1.22. The van der Waals surface area contributed by atoms with E-state index < -0.39 is 0 Å². The number of rotatable bonds is 7. The zero-order chi connectivity index (χ0) is 7.94. The van der Waals surface area contributed by atoms with E-state index >= 15 is 0 Å². The molecule has 0 radical (unpaired) electrons. The minimum atomic E-state index is 0.837. The number of nitrogens with one attached hydrogen (secondary N) is 1. The van der Waals surface area contributed by atoms with Gasteiger partial charge in [-0.25, -0.2) is 0 Å². The Hall–Kier alpha value is -0.0800. The van der Waals surface area contributed by atoms with Crippen LogP contribution in [0.3, 0.4) is 0 Å². The quantitative estimate of drug-likeness (QED) is 0.564. The number of ether oxygens (including phenoxy) is 1. The van der Waals surface area contributed by atoms with Crippen LogP contribution in [-0.4, -0.2) is 26.8 Å². The van der Waals surface area contributed by atoms with Crippen LogP contribution in [0.1, 0.15) is 25.7 Å². The second-order valence-electron chi connectivity index (χ2n) is 3.33. The fraction of sp³-hybridized carbons (Fsp3) is 1.00. The van der Waals surface area contributed by atoms with Crippen LogP contribution in [0.25, 0.3) is 0 Å². The first kappa shape index (κ1) is 9.01. The predicted octanol–water partition coefficient (Wildman–Crippen LogP) is 1.41. The normalized spacial score (nSPS) is 17.2. The van der Waals surface area contributed by atoms with Gasteiger partial charge in [-0.05, 0) is 25.3 Å². The van der Waals surface area contributed by atoms with E-state index in [2.05, 4.69) is 5.32 Å². The van der Waals surface area contributed by atoms with E-state index in [0.717, 1.165) is 19.1 Å². The van der Waals surface area contributed by atoms with Crippen molar-refractivity contribution in [2.75, 3.05) is 26.8 Å². The summed E-state index contributed by atoms with van der Waals surface area (Å²) in [5.41, 5.74) is 0. The second kappa shape index (κ2) is 5.56. The molecule has 0 atom stereocenters. The van der Waals surface area contributed by atoms with Crippen molar-refractivity contribution in [3.8, 4) is 0 Å². The van der Waals surface area contributed by atoms with E-state index in [1.165, 1.54) is 32.2 Å². The lowest BCUT2D eigenvalue weighted by atomic mass is 10.2. The molecule has 66 valence electrons. The summed E-state index contributed by atoms with van der Waals surface area (Å²) in [6, 6.07) is 0. The first-order valence-corrected chi connectivity index (χ1v) is 4.63. The maximum absolute atomic E-state index is 4.92. The Morgan fingerprint density at radius 3 is 2.82 bits per heavy atom. The van der Waals surface area contributed by atoms with Gasteiger partial charge in [0.05, 0.1) is 6.61 Å². The number of hydrogen-bond donors (Lipinski definition) is 1. The van der Waals surface area contributed by atoms with Gasteiger partial charge in [0.2, 0.25) is 0 Å². The van der Waals surface area contributed by atoms with Gasteiger partial charge in [0.25, 0.3) is 0 Å². The van der Waals surface area contributed by atoms with E-state index in [1.807, 2.05) is 0 Å². The Labute approximate surface area is 69.3 Å². The lowest BCUT2D eigenvalue weighted by Crippen LogP contribution is -2.20. The third kappa shape index (κ3) is 5.22. The SMILES string of the molecule is COCCNCCCC1CC1. The average molecular weight is 157 g/mol. The van der Waals surface area contributed by atoms with Gasteiger partial charge in [0, 0.05) is 13.7 Å². The molecule has 11 heavy (non-hydrogen) atoms. The molecule has 1 aliphatic rings. The average Bonchev–Trinajstić information content (AvgIpc) is 2.80. The van der Waals surface area contributed by atoms with Gasteiger partial charge < -0.3 is 10.1 Å². The highest BCUT2D eigenvalue weighted by Gasteiger charge is 2.19. The van der Waals surface area contributed by atoms with Crippen LogP contribution in [0.5, 0.6) is 0 Å². The van der Waals surface area contributed by atoms with E-state index in [-0.39, 0.29) is 0 Å². The molecular weight excluding hydrogens is 138 g/mol. The molecule has 0 aliphatic heterocycles. The Kier molecular flexibility index (Phi) is 4.55. The molecule has 2 nitrogen and oxygen atoms in total. The Balaban J connectivity index is 1.66. The van der Waals surface area contributed by atoms with Gasteiger partial charge >= 0.3 is 0 Å². The van der Waals surface area contributed by atoms with Crippen molar-refractivity contribution < 1.29 is 4.74 Å². The summed E-state index contributed by atoms with van der Waals surface area (Å²) in [5, 5.41) is 3.34. The molecule has 1 fully saturated rings. The lowest BCUT2D eigenvalue weighted by molar-refractivity contribution is 0.199. The molecule has 0 spiro atoms. The highest BCUT2D eigenvalue weighted by atomic mass is 16.5. The molecule has 0 bridgehead atoms. The highest BCUT2D eigenvalue weighted by Crippen LogP contribution is 2.33. The van der Waals surface area contributed by atoms with Crippen molar-refractivity contribution in [3.05, 3.63) is 0 Å². The molecule has 0 unspecified atom stereocenters. The van der Waals surface area contributed by atoms with Crippen LogP contribution in [0.15, 0.2) is 0 Å². The van der Waals surface area contributed by atoms with Crippen molar-refractivity contribution in [2.24, 2.45) is 5.92 Å². The minimum Gasteiger partial charge on any atom is -0.383 e. The van der Waals surface area contributed by atoms with E-state index in [0.29, 0.717) is 0 Å². The van der Waals surface area contributed by atoms with Gasteiger partial charge in [-0.2, -0.15) is 0 Å². The monoisotopic (exact) mass is 157 g/mol. The number of methoxy groups -OCH3 is 1. The third-order valence-corrected chi connectivity index (χ3v) is 2.15. The summed E-state index contributed by atoms with van der Waals surface area (Å²) in [6.07, 6.45) is 5.74. The zero-order valence-corrected chi connectivity index (χ0v) is 7.44. The van der Waals surface area contributed by atoms with Crippen LogP contribution in [-0.2, 0) is 4.74 Å². The molecule has 2 heteroatoms. The molecule has 1 rings (SSSR count). The van der Waals surface area contributed by atoms with Crippen molar-refractivity contribution in [1.82, 2.24) is 5.32 Å². The van der Waals surface area contributed by atoms with Crippen LogP contribution < -0.4 is 5.32 Å². The summed E-state index contributed by atoms with van der Waals surface area (Å²) in [6.45, 7) is 3.00. The summed E-state index contributed by atoms with van der Waals surface area (Å²) in [7, 11) is 1.74. The summed E-state index contributed by atoms with van der Waals surface area (Å²) >= 11 is 0. The summed E-state index contributed by atoms with van der Waals surface area (Å²) in [4.78, 5) is 0. The maximum Gasteiger partial charge on any atom is 0.0587 e. The van der Waals surface area contributed by atoms with Gasteiger partial charge in [0.1, 0.15) is 0 Å². The first-order valence-electron chi connectivity index (χ1n) is 4.63. The highest BCUT2D eigenvalue weighted by molar-refractivity contribution is 4.72. The van der Waals surface area contributed by atoms with Gasteiger partial charge in [-0.1, -0.05) is 12.8 Å². The third-order valence-electron chi connectivity index (χ3n) is 2.15. The minimum absolute atomic E-state index is 0.837. The van der Waals surface area contributed by atoms with E-state index in [1.54, 1.807) is 7.11 Å². The number of hydrogen-bond acceptors (Lipinski definition) is 2. The predicted molar refractivity (Wildman–Crippen MR) is 46.7 cm³/mol. The molecule has 0 aromatic carbocycles. The molecule has 0 heterocycles. The van der Waals surface area contributed by atoms with Crippen LogP contribution in [0.2, 0.25) is 0 Å². The Bertz CT molecular complexity index is 91.6. The van der Waals surface area contributed by atoms with Crippen molar-refractivity contribution in [2.45, 2.75) is 25.7 Å². The second-order valence-corrected chi connectivity index (χ2v) is 3.33. The Morgan fingerprint density at radius 2 is 2.18 bits per heavy atom. The fourth-order valence-corrected chi connectivity index (χ4v) is 1.22. The summed E-state index contributed by atoms with van der Waals surface area (Å²) < 4.78 is 4.92. The molecule has 1 N–H and O–H groups in total. The van der Waals surface area contributed by atoms with Crippen molar-refractivity contribution in [3.63, 3.8) is 0 Å². The van der Waals surface area contributed by atoms with Crippen LogP contribution in [0.4, 0.5) is 0 Å². The molecule has 0 saturated heterocycles. The molecule has 0 aromatic heterocycles. The van der Waals surface area contributed by atoms with Gasteiger partial charge in [-0.3, -0.25) is 0 Å². The topological polar surface area (TPSA) is 21.3 Å². The smallest absolute Gasteiger partial charge is 0.0587 e. The van der Waals surface area contributed by atoms with E-state index in [4.69, 9.17) is 4.74 Å². The van der Waals surface area contributed by atoms with Crippen LogP contribution >= 0.6 is 0 Å². The standard InChI is InChI=1S/C9H19NO/c1-11-8-7-10-6-2-3-9-4-5-9/h9-10H,2-8H2,1H3. The maximum atomic E-state index is 4.92. The molecule has 1 saturated carbocycles. The molecular formula is C9H19NO. The van der Waals surface area contributed by atoms with Gasteiger partial charge in [0.15, 0.2) is 0 Å². The zero-order valence-electron chi connectivity index (χ0n) is 7.44. The largest absolute Gasteiger partial charge is 0.383 e. The van der Waals surface area contributed by atoms with Crippen LogP contribution in [0, 0.1) is 5.92 Å². The van der Waals surface area contributed by atoms with E-state index in [9.17, 15) is 0 Å². The lowest BCUT2D eigenvalue weighted by Gasteiger charge is -2.02. The van der Waals surface area contributed by atoms with Gasteiger partial charge in [-0.15, -0.1) is 0 Å². The molecule has 1 aliphatic carbocycles.